The normalized spacial score (nSPS) is 12.5. The summed E-state index contributed by atoms with van der Waals surface area (Å²) < 4.78 is 47.1. The van der Waals surface area contributed by atoms with Crippen molar-refractivity contribution in [2.24, 2.45) is 0 Å². The molecular formula is C22H29FN2O4S2. The number of hydrogen-bond donors (Lipinski definition) is 2. The van der Waals surface area contributed by atoms with E-state index in [1.165, 1.54) is 30.0 Å². The standard InChI is InChI=1S/C22H29FN2O4S2/c1-16(2)29-18-10-8-17(9-11-18)12-14-24-22(26)20(13-15-30-3)25-31(27,28)21-7-5-4-6-19(21)23/h4-11,16,20,25H,12-15H2,1-3H3,(H,24,26). The van der Waals surface area contributed by atoms with Gasteiger partial charge >= 0.3 is 0 Å². The highest BCUT2D eigenvalue weighted by Gasteiger charge is 2.27. The van der Waals surface area contributed by atoms with Gasteiger partial charge in [-0.15, -0.1) is 0 Å². The third-order valence-electron chi connectivity index (χ3n) is 4.36. The van der Waals surface area contributed by atoms with Crippen LogP contribution in [-0.2, 0) is 21.2 Å². The molecule has 170 valence electrons. The van der Waals surface area contributed by atoms with Crippen molar-refractivity contribution in [2.75, 3.05) is 18.6 Å². The molecule has 0 aliphatic carbocycles. The molecule has 0 radical (unpaired) electrons. The fourth-order valence-electron chi connectivity index (χ4n) is 2.85. The summed E-state index contributed by atoms with van der Waals surface area (Å²) in [6.07, 6.45) is 2.84. The van der Waals surface area contributed by atoms with Gasteiger partial charge in [0.25, 0.3) is 0 Å². The van der Waals surface area contributed by atoms with E-state index in [-0.39, 0.29) is 6.10 Å². The summed E-state index contributed by atoms with van der Waals surface area (Å²) in [4.78, 5) is 12.2. The zero-order chi connectivity index (χ0) is 22.9. The predicted octanol–water partition coefficient (Wildman–Crippen LogP) is 3.37. The minimum atomic E-state index is -4.17. The Bertz CT molecular complexity index is 950. The summed E-state index contributed by atoms with van der Waals surface area (Å²) in [5.74, 6) is 0.0648. The van der Waals surface area contributed by atoms with Crippen LogP contribution in [0.15, 0.2) is 53.4 Å². The number of ether oxygens (including phenoxy) is 1. The Morgan fingerprint density at radius 1 is 1.13 bits per heavy atom. The average Bonchev–Trinajstić information content (AvgIpc) is 2.72. The second-order valence-electron chi connectivity index (χ2n) is 7.24. The maximum absolute atomic E-state index is 13.9. The molecule has 2 rings (SSSR count). The van der Waals surface area contributed by atoms with Gasteiger partial charge in [-0.3, -0.25) is 4.79 Å². The Morgan fingerprint density at radius 3 is 2.42 bits per heavy atom. The molecule has 1 unspecified atom stereocenters. The number of carbonyl (C=O) groups excluding carboxylic acids is 1. The van der Waals surface area contributed by atoms with Crippen LogP contribution in [0.1, 0.15) is 25.8 Å². The molecule has 2 aromatic rings. The fourth-order valence-corrected chi connectivity index (χ4v) is 4.63. The van der Waals surface area contributed by atoms with Gasteiger partial charge in [0.15, 0.2) is 0 Å². The van der Waals surface area contributed by atoms with Gasteiger partial charge in [-0.2, -0.15) is 16.5 Å². The second kappa shape index (κ2) is 12.1. The van der Waals surface area contributed by atoms with Gasteiger partial charge < -0.3 is 10.1 Å². The number of rotatable bonds is 12. The highest BCUT2D eigenvalue weighted by atomic mass is 32.2. The van der Waals surface area contributed by atoms with Gasteiger partial charge in [0.1, 0.15) is 22.5 Å². The molecule has 2 aromatic carbocycles. The summed E-state index contributed by atoms with van der Waals surface area (Å²) in [5, 5.41) is 2.78. The quantitative estimate of drug-likeness (QED) is 0.499. The molecule has 2 N–H and O–H groups in total. The zero-order valence-corrected chi connectivity index (χ0v) is 19.6. The topological polar surface area (TPSA) is 84.5 Å². The number of halogens is 1. The van der Waals surface area contributed by atoms with E-state index >= 15 is 0 Å². The Labute approximate surface area is 188 Å². The first-order valence-corrected chi connectivity index (χ1v) is 12.9. The lowest BCUT2D eigenvalue weighted by Gasteiger charge is -2.18. The molecule has 31 heavy (non-hydrogen) atoms. The molecule has 0 spiro atoms. The number of amides is 1. The van der Waals surface area contributed by atoms with Gasteiger partial charge in [0, 0.05) is 6.54 Å². The first kappa shape index (κ1) is 25.2. The molecule has 6 nitrogen and oxygen atoms in total. The van der Waals surface area contributed by atoms with Crippen LogP contribution in [0, 0.1) is 5.82 Å². The largest absolute Gasteiger partial charge is 0.491 e. The van der Waals surface area contributed by atoms with E-state index in [4.69, 9.17) is 4.74 Å². The van der Waals surface area contributed by atoms with Crippen molar-refractivity contribution in [3.8, 4) is 5.75 Å². The third kappa shape index (κ3) is 8.16. The monoisotopic (exact) mass is 468 g/mol. The van der Waals surface area contributed by atoms with Crippen molar-refractivity contribution in [3.63, 3.8) is 0 Å². The van der Waals surface area contributed by atoms with Gasteiger partial charge in [-0.05, 0) is 68.5 Å². The Kier molecular flexibility index (Phi) is 9.80. The Balaban J connectivity index is 1.97. The van der Waals surface area contributed by atoms with Gasteiger partial charge in [-0.1, -0.05) is 24.3 Å². The van der Waals surface area contributed by atoms with Crippen molar-refractivity contribution in [3.05, 3.63) is 59.9 Å². The van der Waals surface area contributed by atoms with Crippen LogP contribution in [0.5, 0.6) is 5.75 Å². The summed E-state index contributed by atoms with van der Waals surface area (Å²) in [5.41, 5.74) is 1.02. The van der Waals surface area contributed by atoms with Crippen molar-refractivity contribution < 1.29 is 22.3 Å². The van der Waals surface area contributed by atoms with E-state index in [2.05, 4.69) is 10.0 Å². The molecular weight excluding hydrogens is 439 g/mol. The van der Waals surface area contributed by atoms with Crippen LogP contribution in [-0.4, -0.2) is 45.0 Å². The van der Waals surface area contributed by atoms with Gasteiger partial charge in [0.05, 0.1) is 6.10 Å². The molecule has 0 fully saturated rings. The molecule has 0 saturated carbocycles. The number of carbonyl (C=O) groups is 1. The van der Waals surface area contributed by atoms with Crippen molar-refractivity contribution in [1.82, 2.24) is 10.0 Å². The molecule has 0 bridgehead atoms. The number of sulfonamides is 1. The molecule has 0 aliphatic rings. The van der Waals surface area contributed by atoms with Crippen molar-refractivity contribution in [1.29, 1.82) is 0 Å². The number of hydrogen-bond acceptors (Lipinski definition) is 5. The average molecular weight is 469 g/mol. The molecule has 0 aliphatic heterocycles. The smallest absolute Gasteiger partial charge is 0.244 e. The molecule has 0 aromatic heterocycles. The van der Waals surface area contributed by atoms with Crippen molar-refractivity contribution in [2.45, 2.75) is 43.7 Å². The summed E-state index contributed by atoms with van der Waals surface area (Å²) >= 11 is 1.50. The van der Waals surface area contributed by atoms with Crippen LogP contribution >= 0.6 is 11.8 Å². The maximum atomic E-state index is 13.9. The van der Waals surface area contributed by atoms with Crippen LogP contribution in [0.3, 0.4) is 0 Å². The molecule has 0 heterocycles. The first-order chi connectivity index (χ1) is 14.7. The fraction of sp³-hybridized carbons (Fsp3) is 0.409. The zero-order valence-electron chi connectivity index (χ0n) is 17.9. The van der Waals surface area contributed by atoms with E-state index in [1.54, 1.807) is 0 Å². The first-order valence-electron chi connectivity index (χ1n) is 10.0. The lowest BCUT2D eigenvalue weighted by atomic mass is 10.1. The lowest BCUT2D eigenvalue weighted by molar-refractivity contribution is -0.122. The molecule has 1 atom stereocenters. The lowest BCUT2D eigenvalue weighted by Crippen LogP contribution is -2.47. The third-order valence-corrected chi connectivity index (χ3v) is 6.51. The second-order valence-corrected chi connectivity index (χ2v) is 9.91. The van der Waals surface area contributed by atoms with Crippen molar-refractivity contribution >= 4 is 27.7 Å². The number of benzene rings is 2. The summed E-state index contributed by atoms with van der Waals surface area (Å²) in [7, 11) is -4.17. The van der Waals surface area contributed by atoms with Crippen LogP contribution in [0.2, 0.25) is 0 Å². The highest BCUT2D eigenvalue weighted by Crippen LogP contribution is 2.16. The van der Waals surface area contributed by atoms with E-state index in [9.17, 15) is 17.6 Å². The molecule has 9 heteroatoms. The molecule has 0 saturated heterocycles. The Hall–Kier alpha value is -2.10. The Morgan fingerprint density at radius 2 is 1.81 bits per heavy atom. The van der Waals surface area contributed by atoms with Gasteiger partial charge in [0.2, 0.25) is 15.9 Å². The van der Waals surface area contributed by atoms with E-state index in [0.717, 1.165) is 17.4 Å². The van der Waals surface area contributed by atoms with Crippen LogP contribution in [0.25, 0.3) is 0 Å². The summed E-state index contributed by atoms with van der Waals surface area (Å²) in [6.45, 7) is 4.26. The SMILES string of the molecule is CSCCC(NS(=O)(=O)c1ccccc1F)C(=O)NCCc1ccc(OC(C)C)cc1. The number of thioether (sulfide) groups is 1. The van der Waals surface area contributed by atoms with Gasteiger partial charge in [-0.25, -0.2) is 12.8 Å². The van der Waals surface area contributed by atoms with E-state index < -0.39 is 32.7 Å². The molecule has 1 amide bonds. The summed E-state index contributed by atoms with van der Waals surface area (Å²) in [6, 6.07) is 11.7. The van der Waals surface area contributed by atoms with Crippen LogP contribution in [0.4, 0.5) is 4.39 Å². The maximum Gasteiger partial charge on any atom is 0.244 e. The predicted molar refractivity (Wildman–Crippen MR) is 122 cm³/mol. The number of nitrogens with one attached hydrogen (secondary N) is 2. The van der Waals surface area contributed by atoms with Crippen LogP contribution < -0.4 is 14.8 Å². The minimum Gasteiger partial charge on any atom is -0.491 e. The van der Waals surface area contributed by atoms with E-state index in [0.29, 0.717) is 25.1 Å². The van der Waals surface area contributed by atoms with E-state index in [1.807, 2.05) is 44.4 Å². The highest BCUT2D eigenvalue weighted by molar-refractivity contribution is 7.98. The minimum absolute atomic E-state index is 0.0940.